The highest BCUT2D eigenvalue weighted by molar-refractivity contribution is 7.89. The van der Waals surface area contributed by atoms with E-state index < -0.39 is 10.0 Å². The third-order valence-electron chi connectivity index (χ3n) is 4.90. The van der Waals surface area contributed by atoms with Crippen molar-refractivity contribution in [3.63, 3.8) is 0 Å². The van der Waals surface area contributed by atoms with Crippen molar-refractivity contribution in [3.05, 3.63) is 41.8 Å². The van der Waals surface area contributed by atoms with Crippen molar-refractivity contribution in [1.82, 2.24) is 28.5 Å². The lowest BCUT2D eigenvalue weighted by molar-refractivity contribution is 0.0753. The van der Waals surface area contributed by atoms with Gasteiger partial charge in [0.15, 0.2) is 5.03 Å². The van der Waals surface area contributed by atoms with Crippen LogP contribution >= 0.6 is 11.3 Å². The van der Waals surface area contributed by atoms with E-state index in [0.29, 0.717) is 31.7 Å². The van der Waals surface area contributed by atoms with Gasteiger partial charge < -0.3 is 9.47 Å². The van der Waals surface area contributed by atoms with Gasteiger partial charge in [0.25, 0.3) is 15.9 Å². The Morgan fingerprint density at radius 2 is 2.00 bits per heavy atom. The van der Waals surface area contributed by atoms with Crippen molar-refractivity contribution in [1.29, 1.82) is 0 Å². The highest BCUT2D eigenvalue weighted by Gasteiger charge is 2.30. The first kappa shape index (κ1) is 19.8. The molecule has 0 N–H and O–H groups in total. The SMILES string of the molecule is Cn1cnc(S(=O)(=O)N2CCCN(C(=O)c3cc(-c4cccs4)nn3C)CC2)c1. The van der Waals surface area contributed by atoms with Gasteiger partial charge in [0.05, 0.1) is 11.2 Å². The molecule has 0 saturated carbocycles. The van der Waals surface area contributed by atoms with E-state index in [9.17, 15) is 13.2 Å². The van der Waals surface area contributed by atoms with Crippen molar-refractivity contribution >= 4 is 27.3 Å². The molecule has 1 saturated heterocycles. The second kappa shape index (κ2) is 7.73. The fourth-order valence-electron chi connectivity index (χ4n) is 3.37. The number of amides is 1. The molecule has 0 unspecified atom stereocenters. The van der Waals surface area contributed by atoms with E-state index in [0.717, 1.165) is 10.6 Å². The highest BCUT2D eigenvalue weighted by Crippen LogP contribution is 2.25. The normalized spacial score (nSPS) is 16.1. The summed E-state index contributed by atoms with van der Waals surface area (Å²) in [5.41, 5.74) is 1.26. The molecular formula is C18H22N6O3S2. The molecule has 4 rings (SSSR count). The van der Waals surface area contributed by atoms with Gasteiger partial charge in [-0.15, -0.1) is 11.3 Å². The zero-order valence-electron chi connectivity index (χ0n) is 16.2. The van der Waals surface area contributed by atoms with E-state index in [1.807, 2.05) is 17.5 Å². The summed E-state index contributed by atoms with van der Waals surface area (Å²) < 4.78 is 30.2. The number of carbonyl (C=O) groups excluding carboxylic acids is 1. The summed E-state index contributed by atoms with van der Waals surface area (Å²) in [7, 11) is -0.185. The van der Waals surface area contributed by atoms with Crippen LogP contribution in [0.4, 0.5) is 0 Å². The fourth-order valence-corrected chi connectivity index (χ4v) is 5.48. The standard InChI is InChI=1S/C18H22N6O3S2/c1-21-12-17(19-13-21)29(26,27)24-7-4-6-23(8-9-24)18(25)15-11-14(20-22(15)2)16-5-3-10-28-16/h3,5,10-13H,4,6-9H2,1-2H3. The number of hydrogen-bond donors (Lipinski definition) is 0. The summed E-state index contributed by atoms with van der Waals surface area (Å²) in [4.78, 5) is 19.7. The first-order valence-corrected chi connectivity index (χ1v) is 11.5. The van der Waals surface area contributed by atoms with Crippen LogP contribution in [-0.2, 0) is 24.1 Å². The maximum absolute atomic E-state index is 13.1. The second-order valence-electron chi connectivity index (χ2n) is 6.94. The first-order chi connectivity index (χ1) is 13.9. The van der Waals surface area contributed by atoms with E-state index in [1.165, 1.54) is 16.8 Å². The largest absolute Gasteiger partial charge is 0.339 e. The van der Waals surface area contributed by atoms with Gasteiger partial charge in [-0.05, 0) is 23.9 Å². The van der Waals surface area contributed by atoms with E-state index in [4.69, 9.17) is 0 Å². The van der Waals surface area contributed by atoms with Crippen LogP contribution in [0.25, 0.3) is 10.6 Å². The Bertz CT molecular complexity index is 1120. The molecule has 154 valence electrons. The summed E-state index contributed by atoms with van der Waals surface area (Å²) in [5, 5.41) is 6.45. The third kappa shape index (κ3) is 3.85. The molecule has 0 aromatic carbocycles. The molecule has 1 aliphatic heterocycles. The Kier molecular flexibility index (Phi) is 5.28. The molecule has 0 spiro atoms. The number of carbonyl (C=O) groups is 1. The van der Waals surface area contributed by atoms with E-state index >= 15 is 0 Å². The predicted molar refractivity (Wildman–Crippen MR) is 109 cm³/mol. The molecular weight excluding hydrogens is 412 g/mol. The van der Waals surface area contributed by atoms with Gasteiger partial charge in [-0.2, -0.15) is 9.40 Å². The molecule has 4 heterocycles. The average molecular weight is 435 g/mol. The molecule has 11 heteroatoms. The molecule has 1 fully saturated rings. The van der Waals surface area contributed by atoms with Gasteiger partial charge in [-0.1, -0.05) is 6.07 Å². The van der Waals surface area contributed by atoms with Crippen LogP contribution in [0.2, 0.25) is 0 Å². The molecule has 3 aromatic heterocycles. The van der Waals surface area contributed by atoms with Crippen molar-refractivity contribution in [2.75, 3.05) is 26.2 Å². The topological polar surface area (TPSA) is 93.3 Å². The van der Waals surface area contributed by atoms with Gasteiger partial charge in [-0.25, -0.2) is 13.4 Å². The van der Waals surface area contributed by atoms with Gasteiger partial charge >= 0.3 is 0 Å². The minimum Gasteiger partial charge on any atom is -0.339 e. The smallest absolute Gasteiger partial charge is 0.272 e. The number of rotatable bonds is 4. The van der Waals surface area contributed by atoms with Crippen LogP contribution in [0.1, 0.15) is 16.9 Å². The molecule has 29 heavy (non-hydrogen) atoms. The predicted octanol–water partition coefficient (Wildman–Crippen LogP) is 1.42. The number of imidazole rings is 1. The Morgan fingerprint density at radius 1 is 1.17 bits per heavy atom. The Balaban J connectivity index is 1.49. The van der Waals surface area contributed by atoms with Crippen LogP contribution in [0.15, 0.2) is 41.1 Å². The molecule has 1 aliphatic rings. The highest BCUT2D eigenvalue weighted by atomic mass is 32.2. The van der Waals surface area contributed by atoms with Crippen molar-refractivity contribution in [2.45, 2.75) is 11.4 Å². The molecule has 0 atom stereocenters. The molecule has 0 bridgehead atoms. The molecule has 1 amide bonds. The lowest BCUT2D eigenvalue weighted by Gasteiger charge is -2.21. The van der Waals surface area contributed by atoms with Crippen molar-refractivity contribution < 1.29 is 13.2 Å². The lowest BCUT2D eigenvalue weighted by atomic mass is 10.2. The number of aryl methyl sites for hydroxylation is 2. The van der Waals surface area contributed by atoms with Crippen LogP contribution in [-0.4, -0.2) is 69.0 Å². The second-order valence-corrected chi connectivity index (χ2v) is 9.78. The van der Waals surface area contributed by atoms with Gasteiger partial charge in [0.1, 0.15) is 11.4 Å². The average Bonchev–Trinajstić information content (AvgIpc) is 3.39. The Labute approximate surface area is 173 Å². The van der Waals surface area contributed by atoms with Crippen molar-refractivity contribution in [3.8, 4) is 10.6 Å². The number of nitrogens with zero attached hydrogens (tertiary/aromatic N) is 6. The van der Waals surface area contributed by atoms with Crippen molar-refractivity contribution in [2.24, 2.45) is 14.1 Å². The minimum absolute atomic E-state index is 0.0343. The van der Waals surface area contributed by atoms with E-state index in [2.05, 4.69) is 10.1 Å². The molecule has 0 radical (unpaired) electrons. The first-order valence-electron chi connectivity index (χ1n) is 9.21. The number of aromatic nitrogens is 4. The lowest BCUT2D eigenvalue weighted by Crippen LogP contribution is -2.38. The summed E-state index contributed by atoms with van der Waals surface area (Å²) in [6.45, 7) is 1.41. The zero-order valence-corrected chi connectivity index (χ0v) is 17.9. The van der Waals surface area contributed by atoms with Crippen LogP contribution in [0.3, 0.4) is 0 Å². The number of thiophene rings is 1. The molecule has 0 aliphatic carbocycles. The quantitative estimate of drug-likeness (QED) is 0.619. The maximum atomic E-state index is 13.1. The summed E-state index contributed by atoms with van der Waals surface area (Å²) in [5.74, 6) is -0.139. The maximum Gasteiger partial charge on any atom is 0.272 e. The van der Waals surface area contributed by atoms with Crippen LogP contribution in [0, 0.1) is 0 Å². The fraction of sp³-hybridized carbons (Fsp3) is 0.389. The zero-order chi connectivity index (χ0) is 20.6. The van der Waals surface area contributed by atoms with Gasteiger partial charge in [0, 0.05) is 46.5 Å². The number of sulfonamides is 1. The third-order valence-corrected chi connectivity index (χ3v) is 7.58. The Hall–Kier alpha value is -2.50. The van der Waals surface area contributed by atoms with E-state index in [1.54, 1.807) is 45.6 Å². The summed E-state index contributed by atoms with van der Waals surface area (Å²) in [6, 6.07) is 5.70. The summed E-state index contributed by atoms with van der Waals surface area (Å²) >= 11 is 1.57. The van der Waals surface area contributed by atoms with Crippen LogP contribution < -0.4 is 0 Å². The minimum atomic E-state index is -3.66. The molecule has 9 nitrogen and oxygen atoms in total. The number of hydrogen-bond acceptors (Lipinski definition) is 6. The Morgan fingerprint density at radius 3 is 2.69 bits per heavy atom. The monoisotopic (exact) mass is 434 g/mol. The van der Waals surface area contributed by atoms with Crippen LogP contribution in [0.5, 0.6) is 0 Å². The van der Waals surface area contributed by atoms with Gasteiger partial charge in [0.2, 0.25) is 0 Å². The van der Waals surface area contributed by atoms with E-state index in [-0.39, 0.29) is 17.5 Å². The van der Waals surface area contributed by atoms with Gasteiger partial charge in [-0.3, -0.25) is 9.48 Å². The molecule has 3 aromatic rings. The summed E-state index contributed by atoms with van der Waals surface area (Å²) in [6.07, 6.45) is 3.52.